The Morgan fingerprint density at radius 3 is 2.86 bits per heavy atom. The number of aryl methyl sites for hydroxylation is 1. The molecule has 5 heteroatoms. The van der Waals surface area contributed by atoms with Gasteiger partial charge in [-0.25, -0.2) is 4.39 Å². The average molecular weight is 387 g/mol. The van der Waals surface area contributed by atoms with Crippen molar-refractivity contribution in [2.75, 3.05) is 40.0 Å². The summed E-state index contributed by atoms with van der Waals surface area (Å²) in [7, 11) is 1.67. The second-order valence-corrected chi connectivity index (χ2v) is 7.23. The van der Waals surface area contributed by atoms with Crippen LogP contribution >= 0.6 is 0 Å². The number of halogens is 1. The summed E-state index contributed by atoms with van der Waals surface area (Å²) in [6.45, 7) is 2.19. The zero-order valence-corrected chi connectivity index (χ0v) is 16.6. The van der Waals surface area contributed by atoms with Crippen molar-refractivity contribution in [3.63, 3.8) is 0 Å². The molecule has 0 fully saturated rings. The molecule has 0 bridgehead atoms. The molecular formula is C23H30FNO3. The van der Waals surface area contributed by atoms with Gasteiger partial charge in [-0.2, -0.15) is 0 Å². The number of ether oxygens (including phenoxy) is 2. The number of rotatable bonds is 9. The molecule has 1 N–H and O–H groups in total. The molecule has 0 spiro atoms. The third kappa shape index (κ3) is 5.46. The summed E-state index contributed by atoms with van der Waals surface area (Å²) in [6, 6.07) is 13.8. The summed E-state index contributed by atoms with van der Waals surface area (Å²) in [5, 5.41) is 10.6. The monoisotopic (exact) mass is 387 g/mol. The number of para-hydroxylation sites is 1. The van der Waals surface area contributed by atoms with E-state index in [0.29, 0.717) is 6.54 Å². The minimum atomic E-state index is -0.472. The van der Waals surface area contributed by atoms with Gasteiger partial charge < -0.3 is 19.5 Å². The zero-order valence-electron chi connectivity index (χ0n) is 16.6. The quantitative estimate of drug-likeness (QED) is 0.662. The number of fused-ring (bicyclic) bond motifs is 1. The minimum absolute atomic E-state index is 0.105. The molecule has 0 aromatic heterocycles. The largest absolute Gasteiger partial charge is 0.497 e. The lowest BCUT2D eigenvalue weighted by Crippen LogP contribution is -2.29. The topological polar surface area (TPSA) is 41.9 Å². The lowest BCUT2D eigenvalue weighted by atomic mass is 10.0. The first-order chi connectivity index (χ1) is 13.7. The number of nitrogens with zero attached hydrogens (tertiary/aromatic N) is 1. The van der Waals surface area contributed by atoms with Crippen LogP contribution in [0.4, 0.5) is 4.39 Å². The standard InChI is InChI=1S/C23H30FNO3/c1-27-20-9-10-21-19(16-20)11-14-25(17-22(21)26)13-5-4-7-18-6-2-3-8-23(18)28-15-12-24/h2-3,6,8-10,16,22,26H,4-5,7,11-15,17H2,1H3. The van der Waals surface area contributed by atoms with Crippen LogP contribution in [0.2, 0.25) is 0 Å². The molecule has 152 valence electrons. The molecule has 2 aromatic carbocycles. The Morgan fingerprint density at radius 2 is 2.04 bits per heavy atom. The first-order valence-corrected chi connectivity index (χ1v) is 10.0. The Bertz CT molecular complexity index is 752. The van der Waals surface area contributed by atoms with Gasteiger partial charge in [-0.05, 0) is 67.1 Å². The van der Waals surface area contributed by atoms with E-state index >= 15 is 0 Å². The third-order valence-electron chi connectivity index (χ3n) is 5.32. The number of methoxy groups -OCH3 is 1. The number of hydrogen-bond acceptors (Lipinski definition) is 4. The van der Waals surface area contributed by atoms with Crippen LogP contribution in [-0.4, -0.2) is 50.0 Å². The Kier molecular flexibility index (Phi) is 7.69. The van der Waals surface area contributed by atoms with Crippen LogP contribution in [0.25, 0.3) is 0 Å². The van der Waals surface area contributed by atoms with E-state index in [9.17, 15) is 9.50 Å². The molecule has 0 amide bonds. The van der Waals surface area contributed by atoms with Gasteiger partial charge in [0, 0.05) is 13.1 Å². The lowest BCUT2D eigenvalue weighted by Gasteiger charge is -2.22. The number of unbranched alkanes of at least 4 members (excludes halogenated alkanes) is 1. The Morgan fingerprint density at radius 1 is 1.18 bits per heavy atom. The molecular weight excluding hydrogens is 357 g/mol. The molecule has 0 saturated carbocycles. The van der Waals surface area contributed by atoms with Crippen LogP contribution < -0.4 is 9.47 Å². The van der Waals surface area contributed by atoms with E-state index in [0.717, 1.165) is 61.4 Å². The number of β-amino-alcohol motifs (C(OH)–C–C–N with tert-alkyl or cyclic N) is 1. The Labute approximate surface area is 166 Å². The maximum Gasteiger partial charge on any atom is 0.123 e. The van der Waals surface area contributed by atoms with Crippen LogP contribution in [0, 0.1) is 0 Å². The third-order valence-corrected chi connectivity index (χ3v) is 5.32. The van der Waals surface area contributed by atoms with Crippen molar-refractivity contribution in [3.05, 3.63) is 59.2 Å². The Hall–Kier alpha value is -2.11. The van der Waals surface area contributed by atoms with Gasteiger partial charge in [-0.1, -0.05) is 24.3 Å². The summed E-state index contributed by atoms with van der Waals surface area (Å²) >= 11 is 0. The van der Waals surface area contributed by atoms with Gasteiger partial charge in [0.1, 0.15) is 24.8 Å². The first kappa shape index (κ1) is 20.6. The maximum atomic E-state index is 12.4. The first-order valence-electron chi connectivity index (χ1n) is 10.0. The fraction of sp³-hybridized carbons (Fsp3) is 0.478. The van der Waals surface area contributed by atoms with Crippen molar-refractivity contribution < 1.29 is 19.0 Å². The van der Waals surface area contributed by atoms with E-state index < -0.39 is 12.8 Å². The molecule has 3 rings (SSSR count). The molecule has 1 atom stereocenters. The van der Waals surface area contributed by atoms with Crippen LogP contribution in [0.5, 0.6) is 11.5 Å². The maximum absolute atomic E-state index is 12.4. The fourth-order valence-corrected chi connectivity index (χ4v) is 3.82. The van der Waals surface area contributed by atoms with Crippen molar-refractivity contribution in [1.29, 1.82) is 0 Å². The summed E-state index contributed by atoms with van der Waals surface area (Å²) in [6.07, 6.45) is 3.45. The van der Waals surface area contributed by atoms with E-state index in [1.807, 2.05) is 42.5 Å². The molecule has 0 aliphatic carbocycles. The van der Waals surface area contributed by atoms with Crippen molar-refractivity contribution in [2.45, 2.75) is 31.8 Å². The number of aliphatic hydroxyl groups is 1. The highest BCUT2D eigenvalue weighted by Crippen LogP contribution is 2.27. The molecule has 1 aliphatic heterocycles. The second kappa shape index (κ2) is 10.4. The van der Waals surface area contributed by atoms with E-state index in [1.165, 1.54) is 5.56 Å². The highest BCUT2D eigenvalue weighted by molar-refractivity contribution is 5.38. The number of hydrogen-bond donors (Lipinski definition) is 1. The van der Waals surface area contributed by atoms with Gasteiger partial charge in [0.15, 0.2) is 0 Å². The van der Waals surface area contributed by atoms with Gasteiger partial charge in [0.25, 0.3) is 0 Å². The summed E-state index contributed by atoms with van der Waals surface area (Å²) in [5.41, 5.74) is 3.32. The molecule has 4 nitrogen and oxygen atoms in total. The van der Waals surface area contributed by atoms with E-state index in [1.54, 1.807) is 7.11 Å². The Balaban J connectivity index is 1.49. The van der Waals surface area contributed by atoms with Crippen molar-refractivity contribution >= 4 is 0 Å². The molecule has 2 aromatic rings. The summed E-state index contributed by atoms with van der Waals surface area (Å²) in [4.78, 5) is 2.34. The lowest BCUT2D eigenvalue weighted by molar-refractivity contribution is 0.119. The molecule has 28 heavy (non-hydrogen) atoms. The predicted molar refractivity (Wildman–Crippen MR) is 109 cm³/mol. The zero-order chi connectivity index (χ0) is 19.8. The highest BCUT2D eigenvalue weighted by atomic mass is 19.1. The van der Waals surface area contributed by atoms with Crippen LogP contribution in [0.1, 0.15) is 35.6 Å². The van der Waals surface area contributed by atoms with E-state index in [-0.39, 0.29) is 6.61 Å². The second-order valence-electron chi connectivity index (χ2n) is 7.23. The average Bonchev–Trinajstić information content (AvgIpc) is 2.88. The smallest absolute Gasteiger partial charge is 0.123 e. The predicted octanol–water partition coefficient (Wildman–Crippen LogP) is 3.96. The highest BCUT2D eigenvalue weighted by Gasteiger charge is 2.21. The van der Waals surface area contributed by atoms with Crippen LogP contribution in [-0.2, 0) is 12.8 Å². The summed E-state index contributed by atoms with van der Waals surface area (Å²) < 4.78 is 23.2. The fourth-order valence-electron chi connectivity index (χ4n) is 3.82. The van der Waals surface area contributed by atoms with Gasteiger partial charge in [-0.15, -0.1) is 0 Å². The van der Waals surface area contributed by atoms with Gasteiger partial charge in [0.2, 0.25) is 0 Å². The number of alkyl halides is 1. The minimum Gasteiger partial charge on any atom is -0.497 e. The van der Waals surface area contributed by atoms with Gasteiger partial charge in [0.05, 0.1) is 13.2 Å². The molecule has 0 saturated heterocycles. The van der Waals surface area contributed by atoms with E-state index in [2.05, 4.69) is 4.90 Å². The van der Waals surface area contributed by atoms with Gasteiger partial charge in [-0.3, -0.25) is 0 Å². The number of benzene rings is 2. The van der Waals surface area contributed by atoms with Crippen LogP contribution in [0.15, 0.2) is 42.5 Å². The molecule has 1 aliphatic rings. The SMILES string of the molecule is COc1ccc2c(c1)CCN(CCCCc1ccccc1OCCF)CC2O. The van der Waals surface area contributed by atoms with Crippen molar-refractivity contribution in [1.82, 2.24) is 4.90 Å². The molecule has 1 unspecified atom stereocenters. The van der Waals surface area contributed by atoms with Gasteiger partial charge >= 0.3 is 0 Å². The molecule has 1 heterocycles. The van der Waals surface area contributed by atoms with E-state index in [4.69, 9.17) is 9.47 Å². The van der Waals surface area contributed by atoms with Crippen LogP contribution in [0.3, 0.4) is 0 Å². The summed E-state index contributed by atoms with van der Waals surface area (Å²) in [5.74, 6) is 1.63. The van der Waals surface area contributed by atoms with Crippen molar-refractivity contribution in [3.8, 4) is 11.5 Å². The molecule has 0 radical (unpaired) electrons. The number of aliphatic hydroxyl groups excluding tert-OH is 1. The normalized spacial score (nSPS) is 17.0. The van der Waals surface area contributed by atoms with Crippen molar-refractivity contribution in [2.24, 2.45) is 0 Å².